The van der Waals surface area contributed by atoms with Gasteiger partial charge in [0, 0.05) is 25.2 Å². The third kappa shape index (κ3) is 3.46. The van der Waals surface area contributed by atoms with Gasteiger partial charge in [-0.2, -0.15) is 23.3 Å². The van der Waals surface area contributed by atoms with Crippen molar-refractivity contribution < 1.29 is 22.8 Å². The summed E-state index contributed by atoms with van der Waals surface area (Å²) in [4.78, 5) is 25.3. The van der Waals surface area contributed by atoms with E-state index in [9.17, 15) is 22.8 Å². The van der Waals surface area contributed by atoms with E-state index in [2.05, 4.69) is 10.0 Å². The first-order valence-electron chi connectivity index (χ1n) is 7.31. The maximum Gasteiger partial charge on any atom is 0.435 e. The Hall–Kier alpha value is -2.12. The predicted molar refractivity (Wildman–Crippen MR) is 78.3 cm³/mol. The molecule has 23 heavy (non-hydrogen) atoms. The largest absolute Gasteiger partial charge is 0.435 e. The lowest BCUT2D eigenvalue weighted by atomic mass is 10.1. The summed E-state index contributed by atoms with van der Waals surface area (Å²) in [5, 5.41) is 3.39. The van der Waals surface area contributed by atoms with Crippen molar-refractivity contribution in [2.24, 2.45) is 5.10 Å². The van der Waals surface area contributed by atoms with Crippen molar-refractivity contribution in [1.29, 1.82) is 0 Å². The van der Waals surface area contributed by atoms with Gasteiger partial charge in [-0.1, -0.05) is 0 Å². The molecule has 0 saturated carbocycles. The first-order chi connectivity index (χ1) is 10.6. The predicted octanol–water partition coefficient (Wildman–Crippen LogP) is 2.61. The topological polar surface area (TPSA) is 53.0 Å². The van der Waals surface area contributed by atoms with Crippen LogP contribution in [-0.4, -0.2) is 46.2 Å². The number of imide groups is 1. The molecule has 0 radical (unpaired) electrons. The number of allylic oxidation sites excluding steroid dienone is 3. The van der Waals surface area contributed by atoms with E-state index in [0.717, 1.165) is 38.1 Å². The summed E-state index contributed by atoms with van der Waals surface area (Å²) in [7, 11) is 0. The normalized spacial score (nSPS) is 22.7. The zero-order valence-electron chi connectivity index (χ0n) is 13.1. The lowest BCUT2D eigenvalue weighted by Crippen LogP contribution is -2.28. The van der Waals surface area contributed by atoms with Crippen LogP contribution in [0, 0.1) is 0 Å². The molecule has 8 heteroatoms. The molecule has 0 aromatic rings. The Kier molecular flexibility index (Phi) is 4.63. The number of nitrogens with zero attached hydrogens (tertiary/aromatic N) is 3. The first-order valence-corrected chi connectivity index (χ1v) is 7.31. The van der Waals surface area contributed by atoms with Crippen LogP contribution in [0.3, 0.4) is 0 Å². The molecule has 2 rings (SSSR count). The number of hydrogen-bond acceptors (Lipinski definition) is 4. The van der Waals surface area contributed by atoms with Gasteiger partial charge in [-0.3, -0.25) is 9.59 Å². The zero-order chi connectivity index (χ0) is 17.4. The Morgan fingerprint density at radius 1 is 1.30 bits per heavy atom. The molecule has 0 aliphatic carbocycles. The molecule has 5 nitrogen and oxygen atoms in total. The average molecular weight is 329 g/mol. The van der Waals surface area contributed by atoms with Gasteiger partial charge in [0.25, 0.3) is 5.91 Å². The van der Waals surface area contributed by atoms with Gasteiger partial charge in [0.05, 0.1) is 5.57 Å². The highest BCUT2D eigenvalue weighted by Crippen LogP contribution is 2.30. The molecule has 0 atom stereocenters. The van der Waals surface area contributed by atoms with Gasteiger partial charge in [-0.05, 0) is 38.8 Å². The van der Waals surface area contributed by atoms with E-state index < -0.39 is 29.3 Å². The maximum atomic E-state index is 13.0. The summed E-state index contributed by atoms with van der Waals surface area (Å²) in [5.74, 6) is -1.90. The number of halogens is 3. The summed E-state index contributed by atoms with van der Waals surface area (Å²) in [5.41, 5.74) is -1.05. The second-order valence-electron chi connectivity index (χ2n) is 5.71. The summed E-state index contributed by atoms with van der Waals surface area (Å²) < 4.78 is 39.1. The smallest absolute Gasteiger partial charge is 0.372 e. The van der Waals surface area contributed by atoms with Gasteiger partial charge in [0.1, 0.15) is 0 Å². The van der Waals surface area contributed by atoms with Crippen molar-refractivity contribution in [2.45, 2.75) is 45.8 Å². The highest BCUT2D eigenvalue weighted by Gasteiger charge is 2.47. The summed E-state index contributed by atoms with van der Waals surface area (Å²) >= 11 is 0. The first kappa shape index (κ1) is 17.2. The standard InChI is InChI=1S/C15H18F3N3O2/c1-9(2)20-8-4-5-11(20)6-7-12-13(15(16,17)18)19-21(10(3)22)14(12)23/h6-7,9H,4-5,8H2,1-3H3/b11-6-,12-7+. The zero-order valence-corrected chi connectivity index (χ0v) is 13.1. The summed E-state index contributed by atoms with van der Waals surface area (Å²) in [6.07, 6.45) is -0.498. The number of hydrogen-bond donors (Lipinski definition) is 0. The Morgan fingerprint density at radius 3 is 2.48 bits per heavy atom. The van der Waals surface area contributed by atoms with Crippen LogP contribution in [0.25, 0.3) is 0 Å². The van der Waals surface area contributed by atoms with Gasteiger partial charge in [0.2, 0.25) is 5.91 Å². The van der Waals surface area contributed by atoms with Gasteiger partial charge in [-0.25, -0.2) is 0 Å². The van der Waals surface area contributed by atoms with Gasteiger partial charge in [0.15, 0.2) is 5.71 Å². The Labute approximate surface area is 132 Å². The SMILES string of the molecule is CC(=O)N1N=C(C(F)(F)F)/C(=C\C=C2\CCCN2C(C)C)C1=O. The minimum absolute atomic E-state index is 0.228. The van der Waals surface area contributed by atoms with E-state index in [1.54, 1.807) is 0 Å². The fraction of sp³-hybridized carbons (Fsp3) is 0.533. The average Bonchev–Trinajstić information content (AvgIpc) is 3.00. The molecular formula is C15H18F3N3O2. The minimum atomic E-state index is -4.79. The fourth-order valence-electron chi connectivity index (χ4n) is 2.65. The Balaban J connectivity index is 2.38. The van der Waals surface area contributed by atoms with E-state index in [1.165, 1.54) is 6.08 Å². The van der Waals surface area contributed by atoms with Crippen LogP contribution in [0.5, 0.6) is 0 Å². The van der Waals surface area contributed by atoms with Crippen molar-refractivity contribution >= 4 is 17.5 Å². The highest BCUT2D eigenvalue weighted by atomic mass is 19.4. The number of likely N-dealkylation sites (tertiary alicyclic amines) is 1. The third-order valence-corrected chi connectivity index (χ3v) is 3.71. The third-order valence-electron chi connectivity index (χ3n) is 3.71. The molecule has 0 unspecified atom stereocenters. The molecule has 2 aliphatic heterocycles. The van der Waals surface area contributed by atoms with Crippen LogP contribution in [0.1, 0.15) is 33.6 Å². The van der Waals surface area contributed by atoms with Crippen molar-refractivity contribution in [3.63, 3.8) is 0 Å². The van der Waals surface area contributed by atoms with Crippen LogP contribution in [0.2, 0.25) is 0 Å². The van der Waals surface area contributed by atoms with E-state index in [-0.39, 0.29) is 11.1 Å². The monoisotopic (exact) mass is 329 g/mol. The van der Waals surface area contributed by atoms with E-state index in [0.29, 0.717) is 0 Å². The molecule has 126 valence electrons. The maximum absolute atomic E-state index is 13.0. The van der Waals surface area contributed by atoms with Crippen molar-refractivity contribution in [3.8, 4) is 0 Å². The van der Waals surface area contributed by atoms with Crippen molar-refractivity contribution in [2.75, 3.05) is 6.54 Å². The van der Waals surface area contributed by atoms with Crippen LogP contribution < -0.4 is 0 Å². The van der Waals surface area contributed by atoms with Gasteiger partial charge < -0.3 is 4.90 Å². The number of hydrazone groups is 1. The van der Waals surface area contributed by atoms with Crippen molar-refractivity contribution in [3.05, 3.63) is 23.4 Å². The van der Waals surface area contributed by atoms with Crippen LogP contribution in [0.4, 0.5) is 13.2 Å². The lowest BCUT2D eigenvalue weighted by Gasteiger charge is -2.24. The number of amides is 2. The van der Waals surface area contributed by atoms with Gasteiger partial charge >= 0.3 is 6.18 Å². The van der Waals surface area contributed by atoms with Crippen molar-refractivity contribution in [1.82, 2.24) is 9.91 Å². The molecule has 2 amide bonds. The van der Waals surface area contributed by atoms with E-state index in [4.69, 9.17) is 0 Å². The second-order valence-corrected chi connectivity index (χ2v) is 5.71. The molecule has 0 bridgehead atoms. The molecule has 1 fully saturated rings. The summed E-state index contributed by atoms with van der Waals surface area (Å²) in [6, 6.07) is 0.228. The molecule has 1 saturated heterocycles. The highest BCUT2D eigenvalue weighted by molar-refractivity contribution is 6.29. The molecule has 0 spiro atoms. The van der Waals surface area contributed by atoms with Crippen LogP contribution in [0.15, 0.2) is 28.5 Å². The number of carbonyl (C=O) groups is 2. The van der Waals surface area contributed by atoms with E-state index in [1.807, 2.05) is 13.8 Å². The Bertz CT molecular complexity index is 618. The Morgan fingerprint density at radius 2 is 1.96 bits per heavy atom. The number of alkyl halides is 3. The lowest BCUT2D eigenvalue weighted by molar-refractivity contribution is -0.139. The van der Waals surface area contributed by atoms with Crippen LogP contribution >= 0.6 is 0 Å². The second kappa shape index (κ2) is 6.17. The van der Waals surface area contributed by atoms with Crippen LogP contribution in [-0.2, 0) is 9.59 Å². The number of carbonyl (C=O) groups excluding carboxylic acids is 2. The molecule has 0 N–H and O–H groups in total. The number of rotatable bonds is 2. The summed E-state index contributed by atoms with van der Waals surface area (Å²) in [6.45, 7) is 5.81. The molecule has 0 aromatic carbocycles. The van der Waals surface area contributed by atoms with Gasteiger partial charge in [-0.15, -0.1) is 0 Å². The fourth-order valence-corrected chi connectivity index (χ4v) is 2.65. The molecule has 2 heterocycles. The molecule has 0 aromatic heterocycles. The quantitative estimate of drug-likeness (QED) is 0.732. The molecule has 2 aliphatic rings. The molecular weight excluding hydrogens is 311 g/mol. The minimum Gasteiger partial charge on any atom is -0.372 e. The van der Waals surface area contributed by atoms with E-state index >= 15 is 0 Å².